The number of alkyl halides is 6. The van der Waals surface area contributed by atoms with E-state index >= 15 is 0 Å². The number of hydrogen-bond acceptors (Lipinski definition) is 2. The Morgan fingerprint density at radius 2 is 1.48 bits per heavy atom. The van der Waals surface area contributed by atoms with Gasteiger partial charge < -0.3 is 9.88 Å². The molecule has 212 valence electrons. The van der Waals surface area contributed by atoms with Gasteiger partial charge in [-0.25, -0.2) is 0 Å². The Morgan fingerprint density at radius 3 is 2.12 bits per heavy atom. The first-order valence-electron chi connectivity index (χ1n) is 12.4. The number of hydrogen-bond donors (Lipinski definition) is 1. The zero-order valence-corrected chi connectivity index (χ0v) is 21.9. The van der Waals surface area contributed by atoms with Crippen molar-refractivity contribution >= 4 is 29.2 Å². The predicted molar refractivity (Wildman–Crippen MR) is 142 cm³/mol. The van der Waals surface area contributed by atoms with Crippen LogP contribution in [0.4, 0.5) is 26.3 Å². The molecule has 1 atom stereocenters. The Kier molecular flexibility index (Phi) is 8.51. The molecule has 1 aliphatic heterocycles. The smallest absolute Gasteiger partial charge is 0.361 e. The molecule has 0 radical (unpaired) electrons. The Bertz CT molecular complexity index is 1440. The van der Waals surface area contributed by atoms with Gasteiger partial charge in [0, 0.05) is 54.9 Å². The summed E-state index contributed by atoms with van der Waals surface area (Å²) in [5, 5.41) is 1.07. The Hall–Kier alpha value is -3.50. The number of carbonyl (C=O) groups is 1. The van der Waals surface area contributed by atoms with E-state index in [9.17, 15) is 31.1 Å². The summed E-state index contributed by atoms with van der Waals surface area (Å²) in [6, 6.07) is 17.8. The van der Waals surface area contributed by atoms with Gasteiger partial charge in [-0.05, 0) is 41.8 Å². The highest BCUT2D eigenvalue weighted by atomic mass is 35.5. The van der Waals surface area contributed by atoms with Crippen molar-refractivity contribution in [1.82, 2.24) is 14.8 Å². The second-order valence-electron chi connectivity index (χ2n) is 9.73. The number of halogens is 7. The van der Waals surface area contributed by atoms with Gasteiger partial charge in [-0.1, -0.05) is 48.5 Å². The van der Waals surface area contributed by atoms with E-state index in [1.54, 1.807) is 0 Å². The highest BCUT2D eigenvalue weighted by Gasteiger charge is 2.39. The molecule has 4 nitrogen and oxygen atoms in total. The van der Waals surface area contributed by atoms with E-state index in [1.165, 1.54) is 4.90 Å². The Balaban J connectivity index is 0.00000370. The zero-order chi connectivity index (χ0) is 27.8. The number of aromatic amines is 1. The molecule has 40 heavy (non-hydrogen) atoms. The van der Waals surface area contributed by atoms with Crippen molar-refractivity contribution in [2.45, 2.75) is 31.4 Å². The van der Waals surface area contributed by atoms with Crippen molar-refractivity contribution in [2.75, 3.05) is 19.6 Å². The predicted octanol–water partition coefficient (Wildman–Crippen LogP) is 7.20. The molecule has 11 heteroatoms. The van der Waals surface area contributed by atoms with Crippen molar-refractivity contribution in [3.8, 4) is 0 Å². The molecule has 1 saturated heterocycles. The lowest BCUT2D eigenvalue weighted by atomic mass is 9.99. The molecule has 0 aliphatic carbocycles. The number of nitrogens with zero attached hydrogens (tertiary/aromatic N) is 2. The monoisotopic (exact) mass is 581 g/mol. The number of para-hydroxylation sites is 1. The summed E-state index contributed by atoms with van der Waals surface area (Å²) in [6.45, 7) is 1.57. The maximum Gasteiger partial charge on any atom is 0.416 e. The number of rotatable bonds is 5. The molecule has 2 heterocycles. The summed E-state index contributed by atoms with van der Waals surface area (Å²) in [7, 11) is 0. The minimum Gasteiger partial charge on any atom is -0.361 e. The van der Waals surface area contributed by atoms with Gasteiger partial charge in [-0.15, -0.1) is 12.4 Å². The zero-order valence-electron chi connectivity index (χ0n) is 21.1. The molecular formula is C29H26ClF6N3O. The van der Waals surface area contributed by atoms with E-state index in [0.717, 1.165) is 22.0 Å². The minimum atomic E-state index is -5.03. The molecule has 1 amide bonds. The summed E-state index contributed by atoms with van der Waals surface area (Å²) in [5.74, 6) is -0.848. The number of H-pyrrole nitrogens is 1. The summed E-state index contributed by atoms with van der Waals surface area (Å²) in [5.41, 5.74) is -0.658. The average Bonchev–Trinajstić information content (AvgIpc) is 3.30. The van der Waals surface area contributed by atoms with E-state index < -0.39 is 41.0 Å². The quantitative estimate of drug-likeness (QED) is 0.253. The van der Waals surface area contributed by atoms with Crippen LogP contribution in [0.15, 0.2) is 79.0 Å². The highest BCUT2D eigenvalue weighted by Crippen LogP contribution is 2.37. The van der Waals surface area contributed by atoms with Gasteiger partial charge in [-0.2, -0.15) is 26.3 Å². The second-order valence-corrected chi connectivity index (χ2v) is 9.73. The molecule has 5 rings (SSSR count). The van der Waals surface area contributed by atoms with Crippen LogP contribution < -0.4 is 0 Å². The van der Waals surface area contributed by atoms with Crippen LogP contribution in [-0.4, -0.2) is 46.4 Å². The standard InChI is InChI=1S/C29H25F6N3O.ClH/c30-28(31,32)22-13-20(14-23(15-22)29(33,34)35)27(39)38-11-10-37(18-24(38)12-19-6-2-1-3-7-19)17-21-16-36-26-9-5-4-8-25(21)26;/h1-9,13-16,24,36H,10-12,17-18H2;1H/t24-;/m1./s1. The lowest BCUT2D eigenvalue weighted by Gasteiger charge is -2.42. The molecule has 1 aliphatic rings. The fourth-order valence-electron chi connectivity index (χ4n) is 5.14. The fraction of sp³-hybridized carbons (Fsp3) is 0.276. The van der Waals surface area contributed by atoms with Crippen LogP contribution in [0.25, 0.3) is 10.9 Å². The molecule has 1 fully saturated rings. The molecule has 3 aromatic carbocycles. The van der Waals surface area contributed by atoms with Crippen molar-refractivity contribution in [2.24, 2.45) is 0 Å². The van der Waals surface area contributed by atoms with E-state index in [-0.39, 0.29) is 25.0 Å². The van der Waals surface area contributed by atoms with Crippen LogP contribution in [0.1, 0.15) is 32.6 Å². The first kappa shape index (κ1) is 29.5. The lowest BCUT2D eigenvalue weighted by Crippen LogP contribution is -2.55. The van der Waals surface area contributed by atoms with Gasteiger partial charge >= 0.3 is 12.4 Å². The normalized spacial score (nSPS) is 16.6. The largest absolute Gasteiger partial charge is 0.416 e. The minimum absolute atomic E-state index is 0. The van der Waals surface area contributed by atoms with Crippen LogP contribution in [0.2, 0.25) is 0 Å². The molecule has 0 bridgehead atoms. The third-order valence-electron chi connectivity index (χ3n) is 7.05. The van der Waals surface area contributed by atoms with E-state index in [4.69, 9.17) is 0 Å². The molecular weight excluding hydrogens is 556 g/mol. The summed E-state index contributed by atoms with van der Waals surface area (Å²) < 4.78 is 80.7. The summed E-state index contributed by atoms with van der Waals surface area (Å²) in [4.78, 5) is 20.3. The third kappa shape index (κ3) is 6.45. The Morgan fingerprint density at radius 1 is 0.850 bits per heavy atom. The maximum atomic E-state index is 13.5. The number of carbonyl (C=O) groups excluding carboxylic acids is 1. The number of amides is 1. The Labute approximate surface area is 233 Å². The summed E-state index contributed by atoms with van der Waals surface area (Å²) in [6.07, 6.45) is -7.73. The first-order chi connectivity index (χ1) is 18.5. The number of piperazine rings is 1. The average molecular weight is 582 g/mol. The lowest BCUT2D eigenvalue weighted by molar-refractivity contribution is -0.143. The van der Waals surface area contributed by atoms with Crippen molar-refractivity contribution < 1.29 is 31.1 Å². The SMILES string of the molecule is Cl.O=C(c1cc(C(F)(F)F)cc(C(F)(F)F)c1)N1CCN(Cc2c[nH]c3ccccc23)C[C@H]1Cc1ccccc1. The van der Waals surface area contributed by atoms with Crippen LogP contribution >= 0.6 is 12.4 Å². The van der Waals surface area contributed by atoms with Gasteiger partial charge in [0.25, 0.3) is 5.91 Å². The molecule has 0 spiro atoms. The maximum absolute atomic E-state index is 13.5. The molecule has 0 saturated carbocycles. The highest BCUT2D eigenvalue weighted by molar-refractivity contribution is 5.95. The second kappa shape index (κ2) is 11.5. The van der Waals surface area contributed by atoms with Gasteiger partial charge in [0.2, 0.25) is 0 Å². The van der Waals surface area contributed by atoms with Crippen LogP contribution in [0.3, 0.4) is 0 Å². The molecule has 1 N–H and O–H groups in total. The van der Waals surface area contributed by atoms with Crippen LogP contribution in [0.5, 0.6) is 0 Å². The number of benzene rings is 3. The molecule has 1 aromatic heterocycles. The van der Waals surface area contributed by atoms with Gasteiger partial charge in [0.15, 0.2) is 0 Å². The molecule has 0 unspecified atom stereocenters. The van der Waals surface area contributed by atoms with Crippen molar-refractivity contribution in [3.63, 3.8) is 0 Å². The van der Waals surface area contributed by atoms with Crippen LogP contribution in [0, 0.1) is 0 Å². The summed E-state index contributed by atoms with van der Waals surface area (Å²) >= 11 is 0. The number of nitrogens with one attached hydrogen (secondary N) is 1. The topological polar surface area (TPSA) is 39.3 Å². The first-order valence-corrected chi connectivity index (χ1v) is 12.4. The van der Waals surface area contributed by atoms with E-state index in [1.807, 2.05) is 60.8 Å². The van der Waals surface area contributed by atoms with Gasteiger partial charge in [-0.3, -0.25) is 9.69 Å². The van der Waals surface area contributed by atoms with Crippen molar-refractivity contribution in [3.05, 3.63) is 107 Å². The van der Waals surface area contributed by atoms with Gasteiger partial charge in [0.05, 0.1) is 11.1 Å². The third-order valence-corrected chi connectivity index (χ3v) is 7.05. The van der Waals surface area contributed by atoms with Gasteiger partial charge in [0.1, 0.15) is 0 Å². The number of fused-ring (bicyclic) bond motifs is 1. The van der Waals surface area contributed by atoms with E-state index in [0.29, 0.717) is 38.2 Å². The fourth-order valence-corrected chi connectivity index (χ4v) is 5.14. The van der Waals surface area contributed by atoms with Crippen molar-refractivity contribution in [1.29, 1.82) is 0 Å². The van der Waals surface area contributed by atoms with Crippen LogP contribution in [-0.2, 0) is 25.3 Å². The molecule has 4 aromatic rings. The van der Waals surface area contributed by atoms with E-state index in [2.05, 4.69) is 9.88 Å². The number of aromatic nitrogens is 1.